The van der Waals surface area contributed by atoms with Gasteiger partial charge in [-0.3, -0.25) is 0 Å². The quantitative estimate of drug-likeness (QED) is 0.618. The Morgan fingerprint density at radius 3 is 2.74 bits per heavy atom. The van der Waals surface area contributed by atoms with Crippen molar-refractivity contribution in [2.45, 2.75) is 25.6 Å². The summed E-state index contributed by atoms with van der Waals surface area (Å²) in [6.07, 6.45) is -2.15. The molecular weight excluding hydrogens is 319 g/mol. The van der Waals surface area contributed by atoms with Crippen molar-refractivity contribution >= 4 is 21.9 Å². The minimum absolute atomic E-state index is 0.0342. The second-order valence-electron chi connectivity index (χ2n) is 3.94. The number of benzene rings is 1. The second-order valence-corrected chi connectivity index (χ2v) is 4.73. The predicted molar refractivity (Wildman–Crippen MR) is 71.7 cm³/mol. The summed E-state index contributed by atoms with van der Waals surface area (Å²) in [7, 11) is 0. The Hall–Kier alpha value is -0.980. The Kier molecular flexibility index (Phi) is 6.41. The van der Waals surface area contributed by atoms with Crippen molar-refractivity contribution in [3.8, 4) is 0 Å². The topological polar surface area (TPSA) is 66.8 Å². The molecule has 0 aliphatic rings. The van der Waals surface area contributed by atoms with Crippen molar-refractivity contribution in [1.29, 1.82) is 0 Å². The summed E-state index contributed by atoms with van der Waals surface area (Å²) in [5, 5.41) is 20.2. The van der Waals surface area contributed by atoms with Gasteiger partial charge in [0.25, 0.3) is 0 Å². The number of carbonyl (C=O) groups excluding carboxylic acids is 1. The lowest BCUT2D eigenvalue weighted by Gasteiger charge is -2.19. The Morgan fingerprint density at radius 1 is 1.47 bits per heavy atom. The van der Waals surface area contributed by atoms with E-state index in [9.17, 15) is 19.4 Å². The van der Waals surface area contributed by atoms with Crippen molar-refractivity contribution in [3.05, 3.63) is 35.1 Å². The lowest BCUT2D eigenvalue weighted by molar-refractivity contribution is 0.0156. The fourth-order valence-corrected chi connectivity index (χ4v) is 2.12. The predicted octanol–water partition coefficient (Wildman–Crippen LogP) is 2.18. The molecule has 1 aromatic carbocycles. The van der Waals surface area contributed by atoms with Gasteiger partial charge in [-0.25, -0.2) is 9.18 Å². The molecule has 1 aromatic rings. The Labute approximate surface area is 119 Å². The highest BCUT2D eigenvalue weighted by molar-refractivity contribution is 9.09. The van der Waals surface area contributed by atoms with Crippen molar-refractivity contribution in [2.75, 3.05) is 11.9 Å². The van der Waals surface area contributed by atoms with E-state index in [2.05, 4.69) is 15.9 Å². The molecule has 0 bridgehead atoms. The highest BCUT2D eigenvalue weighted by atomic mass is 79.9. The number of alkyl halides is 1. The van der Waals surface area contributed by atoms with Gasteiger partial charge in [0.2, 0.25) is 0 Å². The van der Waals surface area contributed by atoms with Crippen LogP contribution in [0.15, 0.2) is 18.2 Å². The van der Waals surface area contributed by atoms with Crippen molar-refractivity contribution in [3.63, 3.8) is 0 Å². The van der Waals surface area contributed by atoms with Crippen molar-refractivity contribution < 1.29 is 24.1 Å². The van der Waals surface area contributed by atoms with Crippen LogP contribution in [0.25, 0.3) is 0 Å². The van der Waals surface area contributed by atoms with E-state index in [1.54, 1.807) is 6.92 Å². The number of carbonyl (C=O) groups is 1. The average Bonchev–Trinajstić information content (AvgIpc) is 2.38. The molecule has 1 rings (SSSR count). The molecule has 0 aliphatic heterocycles. The lowest BCUT2D eigenvalue weighted by atomic mass is 9.97. The van der Waals surface area contributed by atoms with Gasteiger partial charge in [-0.05, 0) is 31.5 Å². The van der Waals surface area contributed by atoms with Gasteiger partial charge in [-0.2, -0.15) is 0 Å². The Morgan fingerprint density at radius 2 is 2.16 bits per heavy atom. The molecule has 2 atom stereocenters. The number of halogens is 2. The van der Waals surface area contributed by atoms with Gasteiger partial charge >= 0.3 is 5.97 Å². The minimum atomic E-state index is -1.34. The van der Waals surface area contributed by atoms with Gasteiger partial charge in [0.05, 0.1) is 18.3 Å². The average molecular weight is 335 g/mol. The maximum Gasteiger partial charge on any atom is 0.338 e. The fraction of sp³-hybridized carbons (Fsp3) is 0.462. The van der Waals surface area contributed by atoms with Gasteiger partial charge < -0.3 is 14.9 Å². The van der Waals surface area contributed by atoms with Gasteiger partial charge in [0.1, 0.15) is 11.9 Å². The standard InChI is InChI=1S/C13H16BrFO4/c1-2-19-13(18)9-4-3-8(15)7-10(9)12(17)11(16)5-6-14/h3-4,7,11-12,16-17H,2,5-6H2,1H3. The fourth-order valence-electron chi connectivity index (χ4n) is 1.65. The zero-order valence-electron chi connectivity index (χ0n) is 10.5. The number of hydrogen-bond donors (Lipinski definition) is 2. The van der Waals surface area contributed by atoms with Crippen LogP contribution in [0.1, 0.15) is 35.4 Å². The van der Waals surface area contributed by atoms with Crippen LogP contribution < -0.4 is 0 Å². The molecule has 0 saturated heterocycles. The molecule has 0 aliphatic carbocycles. The summed E-state index contributed by atoms with van der Waals surface area (Å²) in [6, 6.07) is 3.39. The van der Waals surface area contributed by atoms with E-state index in [0.717, 1.165) is 12.1 Å². The molecule has 2 N–H and O–H groups in total. The molecule has 0 amide bonds. The summed E-state index contributed by atoms with van der Waals surface area (Å²) in [4.78, 5) is 11.7. The molecule has 0 heterocycles. The first kappa shape index (κ1) is 16.1. The van der Waals surface area contributed by atoms with Crippen LogP contribution in [0.5, 0.6) is 0 Å². The molecule has 0 saturated carbocycles. The van der Waals surface area contributed by atoms with Gasteiger partial charge in [-0.1, -0.05) is 15.9 Å². The molecule has 4 nitrogen and oxygen atoms in total. The van der Waals surface area contributed by atoms with E-state index in [-0.39, 0.29) is 24.2 Å². The number of rotatable bonds is 6. The zero-order valence-corrected chi connectivity index (χ0v) is 12.1. The summed E-state index contributed by atoms with van der Waals surface area (Å²) in [5.74, 6) is -1.24. The Balaban J connectivity index is 3.09. The first-order valence-corrected chi connectivity index (χ1v) is 7.02. The summed E-state index contributed by atoms with van der Waals surface area (Å²) < 4.78 is 18.1. The first-order chi connectivity index (χ1) is 9.01. The molecular formula is C13H16BrFO4. The van der Waals surface area contributed by atoms with Gasteiger partial charge in [0.15, 0.2) is 0 Å². The summed E-state index contributed by atoms with van der Waals surface area (Å²) in [6.45, 7) is 1.83. The number of aliphatic hydroxyl groups is 2. The van der Waals surface area contributed by atoms with Gasteiger partial charge in [-0.15, -0.1) is 0 Å². The van der Waals surface area contributed by atoms with Crippen LogP contribution in [0.2, 0.25) is 0 Å². The van der Waals surface area contributed by atoms with Crippen LogP contribution in [-0.4, -0.2) is 34.2 Å². The maximum absolute atomic E-state index is 13.3. The van der Waals surface area contributed by atoms with Crippen LogP contribution in [0.3, 0.4) is 0 Å². The first-order valence-electron chi connectivity index (χ1n) is 5.89. The number of ether oxygens (including phenoxy) is 1. The van der Waals surface area contributed by atoms with E-state index in [1.807, 2.05) is 0 Å². The van der Waals surface area contributed by atoms with Crippen LogP contribution in [0, 0.1) is 5.82 Å². The summed E-state index contributed by atoms with van der Waals surface area (Å²) >= 11 is 3.14. The van der Waals surface area contributed by atoms with E-state index in [4.69, 9.17) is 4.74 Å². The van der Waals surface area contributed by atoms with Gasteiger partial charge in [0, 0.05) is 10.9 Å². The normalized spacial score (nSPS) is 13.9. The molecule has 19 heavy (non-hydrogen) atoms. The third-order valence-electron chi connectivity index (χ3n) is 2.60. The number of hydrogen-bond acceptors (Lipinski definition) is 4. The molecule has 106 valence electrons. The summed E-state index contributed by atoms with van der Waals surface area (Å²) in [5.41, 5.74) is 0.0938. The van der Waals surface area contributed by atoms with Crippen LogP contribution in [0.4, 0.5) is 4.39 Å². The monoisotopic (exact) mass is 334 g/mol. The minimum Gasteiger partial charge on any atom is -0.462 e. The van der Waals surface area contributed by atoms with Crippen molar-refractivity contribution in [2.24, 2.45) is 0 Å². The van der Waals surface area contributed by atoms with Crippen LogP contribution >= 0.6 is 15.9 Å². The SMILES string of the molecule is CCOC(=O)c1ccc(F)cc1C(O)C(O)CCBr. The number of aliphatic hydroxyl groups excluding tert-OH is 2. The van der Waals surface area contributed by atoms with E-state index in [0.29, 0.717) is 5.33 Å². The largest absolute Gasteiger partial charge is 0.462 e. The maximum atomic E-state index is 13.3. The molecule has 0 fully saturated rings. The van der Waals surface area contributed by atoms with E-state index < -0.39 is 24.0 Å². The highest BCUT2D eigenvalue weighted by Gasteiger charge is 2.24. The van der Waals surface area contributed by atoms with Crippen LogP contribution in [-0.2, 0) is 4.74 Å². The molecule has 0 aromatic heterocycles. The second kappa shape index (κ2) is 7.57. The number of esters is 1. The molecule has 2 unspecified atom stereocenters. The third kappa shape index (κ3) is 4.26. The molecule has 0 spiro atoms. The van der Waals surface area contributed by atoms with Crippen molar-refractivity contribution in [1.82, 2.24) is 0 Å². The lowest BCUT2D eigenvalue weighted by Crippen LogP contribution is -2.22. The molecule has 6 heteroatoms. The molecule has 0 radical (unpaired) electrons. The third-order valence-corrected chi connectivity index (χ3v) is 3.05. The zero-order chi connectivity index (χ0) is 14.4. The van der Waals surface area contributed by atoms with E-state index >= 15 is 0 Å². The Bertz CT molecular complexity index is 439. The van der Waals surface area contributed by atoms with E-state index in [1.165, 1.54) is 6.07 Å². The highest BCUT2D eigenvalue weighted by Crippen LogP contribution is 2.25. The smallest absolute Gasteiger partial charge is 0.338 e.